The van der Waals surface area contributed by atoms with E-state index in [-0.39, 0.29) is 17.6 Å². The van der Waals surface area contributed by atoms with E-state index < -0.39 is 0 Å². The molecule has 2 atom stereocenters. The zero-order chi connectivity index (χ0) is 14.5. The van der Waals surface area contributed by atoms with Crippen LogP contribution in [0.3, 0.4) is 0 Å². The quantitative estimate of drug-likeness (QED) is 0.850. The molecular weight excluding hydrogens is 234 g/mol. The fraction of sp³-hybridized carbons (Fsp3) is 0.647. The molecule has 2 heteroatoms. The van der Waals surface area contributed by atoms with Gasteiger partial charge in [-0.2, -0.15) is 0 Å². The van der Waals surface area contributed by atoms with Crippen LogP contribution >= 0.6 is 0 Å². The first-order chi connectivity index (χ1) is 8.88. The van der Waals surface area contributed by atoms with E-state index in [1.54, 1.807) is 0 Å². The molecule has 0 bridgehead atoms. The van der Waals surface area contributed by atoms with Crippen molar-refractivity contribution >= 4 is 0 Å². The van der Waals surface area contributed by atoms with Crippen LogP contribution in [-0.2, 0) is 16.6 Å². The highest BCUT2D eigenvalue weighted by molar-refractivity contribution is 5.28. The maximum atomic E-state index is 6.25. The Kier molecular flexibility index (Phi) is 6.02. The van der Waals surface area contributed by atoms with Crippen LogP contribution in [0, 0.1) is 0 Å². The molecule has 2 N–H and O–H groups in total. The third-order valence-electron chi connectivity index (χ3n) is 3.55. The van der Waals surface area contributed by atoms with Gasteiger partial charge < -0.3 is 10.5 Å². The molecule has 1 aromatic carbocycles. The van der Waals surface area contributed by atoms with Crippen molar-refractivity contribution in [3.05, 3.63) is 35.4 Å². The Bertz CT molecular complexity index is 364. The minimum atomic E-state index is 0.0745. The maximum Gasteiger partial charge on any atom is 0.0726 e. The molecule has 108 valence electrons. The number of nitrogens with two attached hydrogens (primary N) is 1. The highest BCUT2D eigenvalue weighted by Crippen LogP contribution is 2.22. The fourth-order valence-electron chi connectivity index (χ4n) is 2.30. The monoisotopic (exact) mass is 263 g/mol. The smallest absolute Gasteiger partial charge is 0.0726 e. The van der Waals surface area contributed by atoms with Crippen LogP contribution in [0.4, 0.5) is 0 Å². The molecule has 0 amide bonds. The second kappa shape index (κ2) is 7.06. The van der Waals surface area contributed by atoms with Crippen molar-refractivity contribution in [1.82, 2.24) is 0 Å². The maximum absolute atomic E-state index is 6.25. The number of rotatable bonds is 6. The third kappa shape index (κ3) is 4.96. The van der Waals surface area contributed by atoms with Crippen LogP contribution in [0.5, 0.6) is 0 Å². The van der Waals surface area contributed by atoms with E-state index in [1.165, 1.54) is 11.1 Å². The van der Waals surface area contributed by atoms with E-state index >= 15 is 0 Å². The van der Waals surface area contributed by atoms with Crippen molar-refractivity contribution in [2.24, 2.45) is 5.73 Å². The summed E-state index contributed by atoms with van der Waals surface area (Å²) in [6, 6.07) is 8.89. The number of ether oxygens (including phenoxy) is 1. The highest BCUT2D eigenvalue weighted by Gasteiger charge is 2.17. The molecular formula is C17H29NO. The third-order valence-corrected chi connectivity index (χ3v) is 3.55. The summed E-state index contributed by atoms with van der Waals surface area (Å²) < 4.78 is 5.68. The first-order valence-corrected chi connectivity index (χ1v) is 7.35. The number of hydrogen-bond acceptors (Lipinski definition) is 2. The van der Waals surface area contributed by atoms with Crippen molar-refractivity contribution in [1.29, 1.82) is 0 Å². The molecule has 19 heavy (non-hydrogen) atoms. The van der Waals surface area contributed by atoms with E-state index in [0.717, 1.165) is 19.4 Å². The van der Waals surface area contributed by atoms with E-state index in [0.29, 0.717) is 0 Å². The minimum absolute atomic E-state index is 0.0745. The van der Waals surface area contributed by atoms with Gasteiger partial charge in [-0.15, -0.1) is 0 Å². The Labute approximate surface area is 118 Å². The molecule has 0 aliphatic carbocycles. The Balaban J connectivity index is 2.67. The molecule has 0 aliphatic heterocycles. The molecule has 2 nitrogen and oxygen atoms in total. The number of benzene rings is 1. The van der Waals surface area contributed by atoms with Crippen molar-refractivity contribution in [3.63, 3.8) is 0 Å². The normalized spacial score (nSPS) is 15.3. The molecule has 0 saturated heterocycles. The summed E-state index contributed by atoms with van der Waals surface area (Å²) in [6.07, 6.45) is 2.00. The van der Waals surface area contributed by atoms with E-state index in [1.807, 2.05) is 6.92 Å². The summed E-state index contributed by atoms with van der Waals surface area (Å²) in [6.45, 7) is 11.6. The van der Waals surface area contributed by atoms with Gasteiger partial charge in [-0.3, -0.25) is 0 Å². The average Bonchev–Trinajstić information content (AvgIpc) is 2.35. The van der Waals surface area contributed by atoms with Gasteiger partial charge in [0.1, 0.15) is 0 Å². The summed E-state index contributed by atoms with van der Waals surface area (Å²) in [7, 11) is 0. The lowest BCUT2D eigenvalue weighted by Gasteiger charge is -2.23. The standard InChI is InChI=1S/C17H29NO/c1-6-16(19-7-2)15(18)12-13-8-10-14(11-9-13)17(3,4)5/h8-11,15-16H,6-7,12,18H2,1-5H3. The molecule has 0 heterocycles. The molecule has 0 spiro atoms. The van der Waals surface area contributed by atoms with Gasteiger partial charge >= 0.3 is 0 Å². The topological polar surface area (TPSA) is 35.2 Å². The van der Waals surface area contributed by atoms with Gasteiger partial charge in [0, 0.05) is 12.6 Å². The number of hydrogen-bond donors (Lipinski definition) is 1. The molecule has 0 aliphatic rings. The predicted octanol–water partition coefficient (Wildman–Crippen LogP) is 3.67. The Morgan fingerprint density at radius 3 is 2.11 bits per heavy atom. The van der Waals surface area contributed by atoms with Crippen LogP contribution in [-0.4, -0.2) is 18.8 Å². The summed E-state index contributed by atoms with van der Waals surface area (Å²) in [5.41, 5.74) is 9.10. The summed E-state index contributed by atoms with van der Waals surface area (Å²) >= 11 is 0. The molecule has 2 unspecified atom stereocenters. The molecule has 0 fully saturated rings. The van der Waals surface area contributed by atoms with Crippen LogP contribution in [0.25, 0.3) is 0 Å². The first kappa shape index (κ1) is 16.2. The van der Waals surface area contributed by atoms with Crippen LogP contribution in [0.1, 0.15) is 52.2 Å². The molecule has 0 saturated carbocycles. The van der Waals surface area contributed by atoms with Gasteiger partial charge in [0.05, 0.1) is 6.10 Å². The van der Waals surface area contributed by atoms with Crippen molar-refractivity contribution < 1.29 is 4.74 Å². The van der Waals surface area contributed by atoms with Crippen molar-refractivity contribution in [2.75, 3.05) is 6.61 Å². The van der Waals surface area contributed by atoms with E-state index in [4.69, 9.17) is 10.5 Å². The summed E-state index contributed by atoms with van der Waals surface area (Å²) in [4.78, 5) is 0. The second-order valence-electron chi connectivity index (χ2n) is 6.22. The van der Waals surface area contributed by atoms with Gasteiger partial charge in [-0.05, 0) is 36.3 Å². The van der Waals surface area contributed by atoms with Crippen LogP contribution < -0.4 is 5.73 Å². The van der Waals surface area contributed by atoms with E-state index in [2.05, 4.69) is 52.0 Å². The zero-order valence-electron chi connectivity index (χ0n) is 13.1. The predicted molar refractivity (Wildman–Crippen MR) is 82.5 cm³/mol. The van der Waals surface area contributed by atoms with Crippen molar-refractivity contribution in [2.45, 2.75) is 65.0 Å². The molecule has 0 radical (unpaired) electrons. The van der Waals surface area contributed by atoms with Gasteiger partial charge in [0.25, 0.3) is 0 Å². The largest absolute Gasteiger partial charge is 0.377 e. The highest BCUT2D eigenvalue weighted by atomic mass is 16.5. The van der Waals surface area contributed by atoms with Gasteiger partial charge in [-0.25, -0.2) is 0 Å². The van der Waals surface area contributed by atoms with Gasteiger partial charge in [0.2, 0.25) is 0 Å². The van der Waals surface area contributed by atoms with Crippen molar-refractivity contribution in [3.8, 4) is 0 Å². The van der Waals surface area contributed by atoms with Gasteiger partial charge in [-0.1, -0.05) is 52.0 Å². The molecule has 1 aromatic rings. The zero-order valence-corrected chi connectivity index (χ0v) is 13.1. The first-order valence-electron chi connectivity index (χ1n) is 7.35. The van der Waals surface area contributed by atoms with Crippen LogP contribution in [0.2, 0.25) is 0 Å². The fourth-order valence-corrected chi connectivity index (χ4v) is 2.30. The summed E-state index contributed by atoms with van der Waals surface area (Å²) in [5, 5.41) is 0. The SMILES string of the molecule is CCOC(CC)C(N)Cc1ccc(C(C)(C)C)cc1. The lowest BCUT2D eigenvalue weighted by Crippen LogP contribution is -2.38. The lowest BCUT2D eigenvalue weighted by molar-refractivity contribution is 0.0417. The average molecular weight is 263 g/mol. The lowest BCUT2D eigenvalue weighted by atomic mass is 9.86. The Morgan fingerprint density at radius 1 is 1.11 bits per heavy atom. The van der Waals surface area contributed by atoms with E-state index in [9.17, 15) is 0 Å². The molecule has 1 rings (SSSR count). The minimum Gasteiger partial charge on any atom is -0.377 e. The summed E-state index contributed by atoms with van der Waals surface area (Å²) in [5.74, 6) is 0. The Hall–Kier alpha value is -0.860. The van der Waals surface area contributed by atoms with Gasteiger partial charge in [0.15, 0.2) is 0 Å². The second-order valence-corrected chi connectivity index (χ2v) is 6.22. The van der Waals surface area contributed by atoms with Crippen LogP contribution in [0.15, 0.2) is 24.3 Å². The Morgan fingerprint density at radius 2 is 1.68 bits per heavy atom. The molecule has 0 aromatic heterocycles.